The highest BCUT2D eigenvalue weighted by Gasteiger charge is 2.11. The zero-order valence-corrected chi connectivity index (χ0v) is 8.80. The molecule has 74 valence electrons. The van der Waals surface area contributed by atoms with Crippen LogP contribution in [-0.4, -0.2) is 11.7 Å². The first-order valence-corrected chi connectivity index (χ1v) is 5.38. The standard InChI is InChI=1S/C10H12N2OS/c1-7-6-13-12-9(7)10-8(2-4-11)3-5-14-10/h3,5-6H,2,4,11H2,1H3. The van der Waals surface area contributed by atoms with Gasteiger partial charge in [0.15, 0.2) is 0 Å². The summed E-state index contributed by atoms with van der Waals surface area (Å²) in [4.78, 5) is 1.18. The number of hydrogen-bond donors (Lipinski definition) is 1. The summed E-state index contributed by atoms with van der Waals surface area (Å²) in [5, 5.41) is 6.06. The molecule has 0 saturated carbocycles. The number of aromatic nitrogens is 1. The Bertz CT molecular complexity index is 419. The third-order valence-electron chi connectivity index (χ3n) is 2.12. The van der Waals surface area contributed by atoms with E-state index in [1.165, 1.54) is 10.4 Å². The Morgan fingerprint density at radius 1 is 1.57 bits per heavy atom. The fourth-order valence-corrected chi connectivity index (χ4v) is 2.40. The Hall–Kier alpha value is -1.13. The molecule has 4 heteroatoms. The summed E-state index contributed by atoms with van der Waals surface area (Å²) in [5.41, 5.74) is 8.82. The van der Waals surface area contributed by atoms with E-state index in [0.717, 1.165) is 17.7 Å². The Morgan fingerprint density at radius 2 is 2.43 bits per heavy atom. The lowest BCUT2D eigenvalue weighted by atomic mass is 10.1. The molecule has 2 rings (SSSR count). The van der Waals surface area contributed by atoms with Crippen molar-refractivity contribution >= 4 is 11.3 Å². The van der Waals surface area contributed by atoms with Crippen LogP contribution in [0.4, 0.5) is 0 Å². The van der Waals surface area contributed by atoms with E-state index in [4.69, 9.17) is 10.3 Å². The molecule has 2 N–H and O–H groups in total. The van der Waals surface area contributed by atoms with E-state index < -0.39 is 0 Å². The average molecular weight is 208 g/mol. The van der Waals surface area contributed by atoms with Gasteiger partial charge in [0.25, 0.3) is 0 Å². The normalized spacial score (nSPS) is 10.7. The van der Waals surface area contributed by atoms with E-state index in [0.29, 0.717) is 6.54 Å². The van der Waals surface area contributed by atoms with Gasteiger partial charge in [0.1, 0.15) is 12.0 Å². The van der Waals surface area contributed by atoms with Crippen LogP contribution in [-0.2, 0) is 6.42 Å². The van der Waals surface area contributed by atoms with Gasteiger partial charge in [-0.15, -0.1) is 11.3 Å². The summed E-state index contributed by atoms with van der Waals surface area (Å²) in [5.74, 6) is 0. The van der Waals surface area contributed by atoms with Gasteiger partial charge in [0, 0.05) is 5.56 Å². The molecule has 0 fully saturated rings. The van der Waals surface area contributed by atoms with Crippen LogP contribution in [0.2, 0.25) is 0 Å². The van der Waals surface area contributed by atoms with Crippen LogP contribution in [0, 0.1) is 6.92 Å². The van der Waals surface area contributed by atoms with E-state index in [-0.39, 0.29) is 0 Å². The number of hydrogen-bond acceptors (Lipinski definition) is 4. The molecule has 0 radical (unpaired) electrons. The van der Waals surface area contributed by atoms with Crippen molar-refractivity contribution < 1.29 is 4.52 Å². The second-order valence-corrected chi connectivity index (χ2v) is 4.08. The Kier molecular flexibility index (Phi) is 2.65. The van der Waals surface area contributed by atoms with Gasteiger partial charge >= 0.3 is 0 Å². The van der Waals surface area contributed by atoms with Gasteiger partial charge in [-0.05, 0) is 36.9 Å². The van der Waals surface area contributed by atoms with Crippen molar-refractivity contribution in [3.63, 3.8) is 0 Å². The highest BCUT2D eigenvalue weighted by Crippen LogP contribution is 2.30. The van der Waals surface area contributed by atoms with Gasteiger partial charge in [-0.3, -0.25) is 0 Å². The SMILES string of the molecule is Cc1conc1-c1sccc1CCN. The van der Waals surface area contributed by atoms with Gasteiger partial charge < -0.3 is 10.3 Å². The molecule has 0 bridgehead atoms. The summed E-state index contributed by atoms with van der Waals surface area (Å²) < 4.78 is 4.93. The maximum Gasteiger partial charge on any atom is 0.127 e. The number of aryl methyl sites for hydroxylation is 1. The van der Waals surface area contributed by atoms with Gasteiger partial charge in [-0.1, -0.05) is 5.16 Å². The average Bonchev–Trinajstić information content (AvgIpc) is 2.74. The van der Waals surface area contributed by atoms with Crippen LogP contribution >= 0.6 is 11.3 Å². The van der Waals surface area contributed by atoms with Gasteiger partial charge in [0.2, 0.25) is 0 Å². The highest BCUT2D eigenvalue weighted by atomic mass is 32.1. The maximum absolute atomic E-state index is 5.54. The molecule has 0 spiro atoms. The van der Waals surface area contributed by atoms with Crippen LogP contribution in [0.25, 0.3) is 10.6 Å². The number of nitrogens with two attached hydrogens (primary N) is 1. The molecular formula is C10H12N2OS. The van der Waals surface area contributed by atoms with Crippen LogP contribution < -0.4 is 5.73 Å². The molecule has 0 aliphatic rings. The van der Waals surface area contributed by atoms with Crippen molar-refractivity contribution in [1.82, 2.24) is 5.16 Å². The Balaban J connectivity index is 2.41. The van der Waals surface area contributed by atoms with Crippen molar-refractivity contribution in [3.05, 3.63) is 28.8 Å². The molecular weight excluding hydrogens is 196 g/mol. The molecule has 0 atom stereocenters. The third-order valence-corrected chi connectivity index (χ3v) is 3.09. The number of nitrogens with zero attached hydrogens (tertiary/aromatic N) is 1. The summed E-state index contributed by atoms with van der Waals surface area (Å²) in [6.45, 7) is 2.67. The summed E-state index contributed by atoms with van der Waals surface area (Å²) in [6.07, 6.45) is 2.56. The minimum Gasteiger partial charge on any atom is -0.364 e. The smallest absolute Gasteiger partial charge is 0.127 e. The first-order valence-electron chi connectivity index (χ1n) is 4.50. The second-order valence-electron chi connectivity index (χ2n) is 3.16. The summed E-state index contributed by atoms with van der Waals surface area (Å²) in [7, 11) is 0. The molecule has 2 aromatic heterocycles. The largest absolute Gasteiger partial charge is 0.364 e. The Labute approximate surface area is 86.5 Å². The van der Waals surface area contributed by atoms with E-state index in [1.54, 1.807) is 17.6 Å². The topological polar surface area (TPSA) is 52.0 Å². The lowest BCUT2D eigenvalue weighted by Gasteiger charge is -1.98. The van der Waals surface area contributed by atoms with Crippen molar-refractivity contribution in [2.24, 2.45) is 5.73 Å². The zero-order valence-electron chi connectivity index (χ0n) is 7.99. The Morgan fingerprint density at radius 3 is 3.07 bits per heavy atom. The van der Waals surface area contributed by atoms with Crippen molar-refractivity contribution in [3.8, 4) is 10.6 Å². The fourth-order valence-electron chi connectivity index (χ4n) is 1.40. The van der Waals surface area contributed by atoms with Crippen molar-refractivity contribution in [2.75, 3.05) is 6.54 Å². The van der Waals surface area contributed by atoms with Crippen LogP contribution in [0.3, 0.4) is 0 Å². The van der Waals surface area contributed by atoms with E-state index in [2.05, 4.69) is 16.6 Å². The summed E-state index contributed by atoms with van der Waals surface area (Å²) >= 11 is 1.68. The predicted molar refractivity (Wildman–Crippen MR) is 57.3 cm³/mol. The zero-order chi connectivity index (χ0) is 9.97. The molecule has 0 aliphatic heterocycles. The second kappa shape index (κ2) is 3.94. The molecule has 0 saturated heterocycles. The molecule has 2 heterocycles. The fraction of sp³-hybridized carbons (Fsp3) is 0.300. The molecule has 0 unspecified atom stereocenters. The maximum atomic E-state index is 5.54. The van der Waals surface area contributed by atoms with Gasteiger partial charge in [-0.25, -0.2) is 0 Å². The monoisotopic (exact) mass is 208 g/mol. The van der Waals surface area contributed by atoms with Gasteiger partial charge in [-0.2, -0.15) is 0 Å². The summed E-state index contributed by atoms with van der Waals surface area (Å²) in [6, 6.07) is 2.10. The molecule has 0 aliphatic carbocycles. The van der Waals surface area contributed by atoms with Crippen LogP contribution in [0.1, 0.15) is 11.1 Å². The van der Waals surface area contributed by atoms with Crippen molar-refractivity contribution in [1.29, 1.82) is 0 Å². The minimum atomic E-state index is 0.667. The number of thiophene rings is 1. The molecule has 3 nitrogen and oxygen atoms in total. The lowest BCUT2D eigenvalue weighted by Crippen LogP contribution is -2.02. The van der Waals surface area contributed by atoms with E-state index in [1.807, 2.05) is 6.92 Å². The van der Waals surface area contributed by atoms with Crippen LogP contribution in [0.15, 0.2) is 22.2 Å². The molecule has 0 amide bonds. The molecule has 14 heavy (non-hydrogen) atoms. The third kappa shape index (κ3) is 1.58. The number of rotatable bonds is 3. The van der Waals surface area contributed by atoms with E-state index >= 15 is 0 Å². The minimum absolute atomic E-state index is 0.667. The first-order chi connectivity index (χ1) is 6.83. The lowest BCUT2D eigenvalue weighted by molar-refractivity contribution is 0.422. The predicted octanol–water partition coefficient (Wildman–Crippen LogP) is 2.21. The van der Waals surface area contributed by atoms with E-state index in [9.17, 15) is 0 Å². The molecule has 2 aromatic rings. The van der Waals surface area contributed by atoms with Crippen molar-refractivity contribution in [2.45, 2.75) is 13.3 Å². The quantitative estimate of drug-likeness (QED) is 0.841. The highest BCUT2D eigenvalue weighted by molar-refractivity contribution is 7.13. The first kappa shape index (κ1) is 9.43. The van der Waals surface area contributed by atoms with Gasteiger partial charge in [0.05, 0.1) is 4.88 Å². The van der Waals surface area contributed by atoms with Crippen LogP contribution in [0.5, 0.6) is 0 Å². The molecule has 0 aromatic carbocycles.